The maximum atomic E-state index is 2.51. The van der Waals surface area contributed by atoms with Gasteiger partial charge in [-0.05, 0) is 65.7 Å². The summed E-state index contributed by atoms with van der Waals surface area (Å²) < 4.78 is 7.37. The molecule has 0 radical (unpaired) electrons. The van der Waals surface area contributed by atoms with E-state index >= 15 is 0 Å². The lowest BCUT2D eigenvalue weighted by Crippen LogP contribution is -2.02. The van der Waals surface area contributed by atoms with Crippen molar-refractivity contribution >= 4 is 54.6 Å². The van der Waals surface area contributed by atoms with Crippen LogP contribution in [0.5, 0.6) is 0 Å². The zero-order valence-corrected chi connectivity index (χ0v) is 27.7. The Labute approximate surface area is 294 Å². The fraction of sp³-hybridized carbons (Fsp3) is 0. The van der Waals surface area contributed by atoms with Crippen molar-refractivity contribution in [2.75, 3.05) is 0 Å². The van der Waals surface area contributed by atoms with Crippen molar-refractivity contribution in [1.82, 2.24) is 13.7 Å². The van der Waals surface area contributed by atoms with Crippen LogP contribution in [0.1, 0.15) is 0 Å². The smallest absolute Gasteiger partial charge is 0.0618 e. The molecule has 11 rings (SSSR count). The monoisotopic (exact) mass is 649 g/mol. The third kappa shape index (κ3) is 4.00. The van der Waals surface area contributed by atoms with Gasteiger partial charge in [0.25, 0.3) is 0 Å². The number of nitrogens with zero attached hydrogens (tertiary/aromatic N) is 3. The standard InChI is InChI=1S/C48H31N3/c1-4-15-32(16-5-1)36-22-12-23-37(33-17-6-2-7-18-33)48(36)51-43-27-13-25-41-46(43)47-42(26-14-28-44(47)51)50(41)35-29-30-39-38-21-10-11-24-40(38)49(45(39)31-35)34-19-8-3-9-20-34/h1-31H. The number of hydrogen-bond acceptors (Lipinski definition) is 0. The molecule has 11 aromatic rings. The number of aromatic nitrogens is 3. The summed E-state index contributed by atoms with van der Waals surface area (Å²) in [7, 11) is 0. The van der Waals surface area contributed by atoms with E-state index in [4.69, 9.17) is 0 Å². The molecular formula is C48H31N3. The van der Waals surface area contributed by atoms with Crippen molar-refractivity contribution in [3.05, 3.63) is 188 Å². The zero-order chi connectivity index (χ0) is 33.5. The Hall–Kier alpha value is -6.84. The van der Waals surface area contributed by atoms with Crippen LogP contribution in [0.2, 0.25) is 0 Å². The Kier molecular flexibility index (Phi) is 5.96. The second-order valence-corrected chi connectivity index (χ2v) is 13.3. The van der Waals surface area contributed by atoms with E-state index in [1.807, 2.05) is 0 Å². The molecule has 0 aliphatic heterocycles. The predicted octanol–water partition coefficient (Wildman–Crippen LogP) is 12.6. The second-order valence-electron chi connectivity index (χ2n) is 13.3. The van der Waals surface area contributed by atoms with Crippen LogP contribution in [0.15, 0.2) is 188 Å². The van der Waals surface area contributed by atoms with Gasteiger partial charge in [0, 0.05) is 44.0 Å². The second kappa shape index (κ2) is 10.8. The molecule has 3 aromatic heterocycles. The summed E-state index contributed by atoms with van der Waals surface area (Å²) in [5, 5.41) is 5.09. The van der Waals surface area contributed by atoms with Crippen molar-refractivity contribution in [2.24, 2.45) is 0 Å². The zero-order valence-electron chi connectivity index (χ0n) is 27.7. The van der Waals surface area contributed by atoms with Gasteiger partial charge in [0.05, 0.1) is 38.8 Å². The van der Waals surface area contributed by atoms with Crippen molar-refractivity contribution < 1.29 is 0 Å². The molecule has 0 atom stereocenters. The highest BCUT2D eigenvalue weighted by Crippen LogP contribution is 2.46. The molecule has 0 amide bonds. The lowest BCUT2D eigenvalue weighted by molar-refractivity contribution is 1.15. The van der Waals surface area contributed by atoms with E-state index in [1.54, 1.807) is 0 Å². The van der Waals surface area contributed by atoms with Crippen LogP contribution < -0.4 is 0 Å². The van der Waals surface area contributed by atoms with Gasteiger partial charge < -0.3 is 13.7 Å². The van der Waals surface area contributed by atoms with E-state index in [1.165, 1.54) is 82.6 Å². The Morgan fingerprint density at radius 3 is 1.33 bits per heavy atom. The normalized spacial score (nSPS) is 11.9. The molecular weight excluding hydrogens is 619 g/mol. The van der Waals surface area contributed by atoms with E-state index in [2.05, 4.69) is 202 Å². The summed E-state index contributed by atoms with van der Waals surface area (Å²) in [6.07, 6.45) is 0. The third-order valence-electron chi connectivity index (χ3n) is 10.6. The lowest BCUT2D eigenvalue weighted by atomic mass is 9.95. The molecule has 0 saturated heterocycles. The van der Waals surface area contributed by atoms with Gasteiger partial charge in [0.15, 0.2) is 0 Å². The summed E-state index contributed by atoms with van der Waals surface area (Å²) in [4.78, 5) is 0. The Morgan fingerprint density at radius 2 is 0.725 bits per heavy atom. The van der Waals surface area contributed by atoms with E-state index in [0.29, 0.717) is 0 Å². The largest absolute Gasteiger partial charge is 0.309 e. The molecule has 0 saturated carbocycles. The van der Waals surface area contributed by atoms with E-state index in [0.717, 1.165) is 11.4 Å². The Bertz CT molecular complexity index is 2930. The molecule has 0 bridgehead atoms. The molecule has 0 spiro atoms. The third-order valence-corrected chi connectivity index (χ3v) is 10.6. The number of fused-ring (bicyclic) bond motifs is 3. The van der Waals surface area contributed by atoms with Crippen LogP contribution in [-0.4, -0.2) is 13.7 Å². The van der Waals surface area contributed by atoms with Crippen LogP contribution in [0.3, 0.4) is 0 Å². The summed E-state index contributed by atoms with van der Waals surface area (Å²) in [5.41, 5.74) is 15.6. The SMILES string of the molecule is c1ccc(-c2cccc(-c3ccccc3)c2-n2c3cccc4c3c3c(cccc32)n4-c2ccc3c4ccccc4n(-c4ccccc4)c3c2)cc1. The molecule has 0 unspecified atom stereocenters. The minimum absolute atomic E-state index is 1.15. The summed E-state index contributed by atoms with van der Waals surface area (Å²) in [5.74, 6) is 0. The van der Waals surface area contributed by atoms with Gasteiger partial charge in [-0.2, -0.15) is 0 Å². The maximum Gasteiger partial charge on any atom is 0.0618 e. The Morgan fingerprint density at radius 1 is 0.275 bits per heavy atom. The van der Waals surface area contributed by atoms with Crippen molar-refractivity contribution in [3.63, 3.8) is 0 Å². The topological polar surface area (TPSA) is 14.8 Å². The Balaban J connectivity index is 1.22. The average Bonchev–Trinajstić information content (AvgIpc) is 3.85. The van der Waals surface area contributed by atoms with Gasteiger partial charge >= 0.3 is 0 Å². The van der Waals surface area contributed by atoms with Gasteiger partial charge in [-0.15, -0.1) is 0 Å². The number of hydrogen-bond donors (Lipinski definition) is 0. The fourth-order valence-electron chi connectivity index (χ4n) is 8.53. The summed E-state index contributed by atoms with van der Waals surface area (Å²) >= 11 is 0. The molecule has 3 heterocycles. The molecule has 3 heteroatoms. The van der Waals surface area contributed by atoms with Gasteiger partial charge in [-0.1, -0.05) is 133 Å². The van der Waals surface area contributed by atoms with E-state index < -0.39 is 0 Å². The average molecular weight is 650 g/mol. The predicted molar refractivity (Wildman–Crippen MR) is 214 cm³/mol. The minimum Gasteiger partial charge on any atom is -0.309 e. The van der Waals surface area contributed by atoms with Crippen molar-refractivity contribution in [2.45, 2.75) is 0 Å². The van der Waals surface area contributed by atoms with Crippen LogP contribution in [0.25, 0.3) is 94.0 Å². The molecule has 0 N–H and O–H groups in total. The molecule has 3 nitrogen and oxygen atoms in total. The quantitative estimate of drug-likeness (QED) is 0.176. The summed E-state index contributed by atoms with van der Waals surface area (Å²) in [6, 6.07) is 68.3. The molecule has 238 valence electrons. The molecule has 0 aliphatic carbocycles. The fourth-order valence-corrected chi connectivity index (χ4v) is 8.53. The molecule has 0 aliphatic rings. The minimum atomic E-state index is 1.15. The highest BCUT2D eigenvalue weighted by molar-refractivity contribution is 6.26. The maximum absolute atomic E-state index is 2.51. The molecule has 0 fully saturated rings. The lowest BCUT2D eigenvalue weighted by Gasteiger charge is -2.20. The highest BCUT2D eigenvalue weighted by Gasteiger charge is 2.25. The summed E-state index contributed by atoms with van der Waals surface area (Å²) in [6.45, 7) is 0. The van der Waals surface area contributed by atoms with Gasteiger partial charge in [-0.25, -0.2) is 0 Å². The van der Waals surface area contributed by atoms with Gasteiger partial charge in [0.1, 0.15) is 0 Å². The van der Waals surface area contributed by atoms with E-state index in [-0.39, 0.29) is 0 Å². The first-order chi connectivity index (χ1) is 25.3. The number of para-hydroxylation sites is 3. The molecule has 8 aromatic carbocycles. The van der Waals surface area contributed by atoms with Crippen molar-refractivity contribution in [1.29, 1.82) is 0 Å². The highest BCUT2D eigenvalue weighted by atomic mass is 15.0. The first-order valence-electron chi connectivity index (χ1n) is 17.5. The van der Waals surface area contributed by atoms with Crippen LogP contribution in [-0.2, 0) is 0 Å². The number of benzene rings is 8. The van der Waals surface area contributed by atoms with Gasteiger partial charge in [-0.3, -0.25) is 0 Å². The van der Waals surface area contributed by atoms with Crippen LogP contribution in [0, 0.1) is 0 Å². The first-order valence-corrected chi connectivity index (χ1v) is 17.5. The molecule has 51 heavy (non-hydrogen) atoms. The first kappa shape index (κ1) is 28.0. The van der Waals surface area contributed by atoms with Crippen molar-refractivity contribution in [3.8, 4) is 39.3 Å². The van der Waals surface area contributed by atoms with Gasteiger partial charge in [0.2, 0.25) is 0 Å². The van der Waals surface area contributed by atoms with Crippen LogP contribution in [0.4, 0.5) is 0 Å². The van der Waals surface area contributed by atoms with E-state index in [9.17, 15) is 0 Å². The van der Waals surface area contributed by atoms with Crippen LogP contribution >= 0.6 is 0 Å². The number of rotatable bonds is 5.